The van der Waals surface area contributed by atoms with Crippen molar-refractivity contribution in [3.05, 3.63) is 72.3 Å². The zero-order chi connectivity index (χ0) is 17.9. The zero-order valence-corrected chi connectivity index (χ0v) is 14.5. The van der Waals surface area contributed by atoms with E-state index < -0.39 is 0 Å². The Bertz CT molecular complexity index is 890. The molecule has 2 atom stereocenters. The standard InChI is InChI=1S/C20H20N4O2/c1-26-17-6-4-16(5-7-17)24-10-8-19(23-24)20(25)22-13-15-11-18(15)14-3-2-9-21-12-14/h2-10,12,15,18H,11,13H2,1H3,(H,22,25)/t15-,18-/m0/s1. The van der Waals surface area contributed by atoms with Gasteiger partial charge in [-0.1, -0.05) is 6.07 Å². The summed E-state index contributed by atoms with van der Waals surface area (Å²) in [6.07, 6.45) is 6.56. The van der Waals surface area contributed by atoms with Crippen molar-refractivity contribution < 1.29 is 9.53 Å². The number of ether oxygens (including phenoxy) is 1. The number of aromatic nitrogens is 3. The average molecular weight is 348 g/mol. The van der Waals surface area contributed by atoms with Crippen LogP contribution in [0.1, 0.15) is 28.4 Å². The number of pyridine rings is 1. The summed E-state index contributed by atoms with van der Waals surface area (Å²) in [7, 11) is 1.63. The molecule has 0 spiro atoms. The highest BCUT2D eigenvalue weighted by Crippen LogP contribution is 2.46. The van der Waals surface area contributed by atoms with Crippen LogP contribution in [0.4, 0.5) is 0 Å². The Morgan fingerprint density at radius 2 is 2.12 bits per heavy atom. The molecule has 4 rings (SSSR count). The van der Waals surface area contributed by atoms with Gasteiger partial charge in [0.05, 0.1) is 12.8 Å². The number of nitrogens with one attached hydrogen (secondary N) is 1. The van der Waals surface area contributed by atoms with Crippen LogP contribution in [0.25, 0.3) is 5.69 Å². The average Bonchev–Trinajstić information content (AvgIpc) is 3.31. The maximum absolute atomic E-state index is 12.3. The topological polar surface area (TPSA) is 69.0 Å². The van der Waals surface area contributed by atoms with Crippen LogP contribution in [-0.2, 0) is 0 Å². The number of rotatable bonds is 6. The van der Waals surface area contributed by atoms with Crippen molar-refractivity contribution in [3.63, 3.8) is 0 Å². The van der Waals surface area contributed by atoms with Crippen LogP contribution < -0.4 is 10.1 Å². The Hall–Kier alpha value is -3.15. The summed E-state index contributed by atoms with van der Waals surface area (Å²) in [5.74, 6) is 1.62. The van der Waals surface area contributed by atoms with E-state index in [4.69, 9.17) is 4.74 Å². The largest absolute Gasteiger partial charge is 0.497 e. The van der Waals surface area contributed by atoms with Gasteiger partial charge < -0.3 is 10.1 Å². The van der Waals surface area contributed by atoms with Crippen molar-refractivity contribution in [2.75, 3.05) is 13.7 Å². The van der Waals surface area contributed by atoms with Gasteiger partial charge in [0, 0.05) is 25.1 Å². The van der Waals surface area contributed by atoms with Crippen LogP contribution in [-0.4, -0.2) is 34.3 Å². The molecule has 1 N–H and O–H groups in total. The summed E-state index contributed by atoms with van der Waals surface area (Å²) in [6.45, 7) is 0.661. The summed E-state index contributed by atoms with van der Waals surface area (Å²) in [6, 6.07) is 13.3. The smallest absolute Gasteiger partial charge is 0.271 e. The molecule has 0 radical (unpaired) electrons. The van der Waals surface area contributed by atoms with Gasteiger partial charge in [0.1, 0.15) is 5.75 Å². The van der Waals surface area contributed by atoms with Crippen molar-refractivity contribution >= 4 is 5.91 Å². The Morgan fingerprint density at radius 3 is 2.85 bits per heavy atom. The molecular formula is C20H20N4O2. The minimum Gasteiger partial charge on any atom is -0.497 e. The molecule has 1 amide bonds. The number of benzene rings is 1. The van der Waals surface area contributed by atoms with E-state index >= 15 is 0 Å². The number of amides is 1. The van der Waals surface area contributed by atoms with E-state index in [9.17, 15) is 4.79 Å². The van der Waals surface area contributed by atoms with E-state index in [-0.39, 0.29) is 5.91 Å². The Kier molecular flexibility index (Phi) is 4.39. The van der Waals surface area contributed by atoms with Crippen molar-refractivity contribution in [2.45, 2.75) is 12.3 Å². The lowest BCUT2D eigenvalue weighted by molar-refractivity contribution is 0.0946. The summed E-state index contributed by atoms with van der Waals surface area (Å²) in [5, 5.41) is 7.35. The molecule has 0 unspecified atom stereocenters. The van der Waals surface area contributed by atoms with E-state index in [0.717, 1.165) is 17.9 Å². The Balaban J connectivity index is 1.34. The van der Waals surface area contributed by atoms with Crippen LogP contribution in [0.3, 0.4) is 0 Å². The highest BCUT2D eigenvalue weighted by atomic mass is 16.5. The molecule has 1 aromatic carbocycles. The van der Waals surface area contributed by atoms with Gasteiger partial charge in [0.15, 0.2) is 5.69 Å². The van der Waals surface area contributed by atoms with Crippen LogP contribution >= 0.6 is 0 Å². The summed E-state index contributed by atoms with van der Waals surface area (Å²) in [5.41, 5.74) is 2.54. The van der Waals surface area contributed by atoms with Gasteiger partial charge in [-0.15, -0.1) is 0 Å². The molecule has 26 heavy (non-hydrogen) atoms. The van der Waals surface area contributed by atoms with Crippen LogP contribution in [0.2, 0.25) is 0 Å². The van der Waals surface area contributed by atoms with Crippen molar-refractivity contribution in [2.24, 2.45) is 5.92 Å². The molecule has 0 bridgehead atoms. The van der Waals surface area contributed by atoms with Gasteiger partial charge in [0.2, 0.25) is 0 Å². The van der Waals surface area contributed by atoms with Crippen molar-refractivity contribution in [1.82, 2.24) is 20.1 Å². The number of carbonyl (C=O) groups is 1. The second-order valence-electron chi connectivity index (χ2n) is 6.44. The predicted molar refractivity (Wildman–Crippen MR) is 97.5 cm³/mol. The number of nitrogens with zero attached hydrogens (tertiary/aromatic N) is 3. The molecule has 1 fully saturated rings. The molecule has 1 aliphatic carbocycles. The normalized spacial score (nSPS) is 18.3. The van der Waals surface area contributed by atoms with Crippen molar-refractivity contribution in [3.8, 4) is 11.4 Å². The monoisotopic (exact) mass is 348 g/mol. The summed E-state index contributed by atoms with van der Waals surface area (Å²) in [4.78, 5) is 16.5. The number of hydrogen-bond donors (Lipinski definition) is 1. The molecule has 132 valence electrons. The summed E-state index contributed by atoms with van der Waals surface area (Å²) < 4.78 is 6.84. The van der Waals surface area contributed by atoms with Gasteiger partial charge >= 0.3 is 0 Å². The van der Waals surface area contributed by atoms with Crippen molar-refractivity contribution in [1.29, 1.82) is 0 Å². The van der Waals surface area contributed by atoms with Crippen LogP contribution in [0.15, 0.2) is 61.1 Å². The molecule has 0 aliphatic heterocycles. The Morgan fingerprint density at radius 1 is 1.27 bits per heavy atom. The zero-order valence-electron chi connectivity index (χ0n) is 14.5. The van der Waals surface area contributed by atoms with Gasteiger partial charge in [-0.3, -0.25) is 9.78 Å². The van der Waals surface area contributed by atoms with E-state index in [0.29, 0.717) is 24.1 Å². The maximum atomic E-state index is 12.3. The minimum absolute atomic E-state index is 0.144. The number of hydrogen-bond acceptors (Lipinski definition) is 4. The lowest BCUT2D eigenvalue weighted by Gasteiger charge is -2.04. The molecule has 2 aromatic heterocycles. The maximum Gasteiger partial charge on any atom is 0.271 e. The first-order chi connectivity index (χ1) is 12.7. The third-order valence-corrected chi connectivity index (χ3v) is 4.72. The fourth-order valence-electron chi connectivity index (χ4n) is 3.11. The molecule has 6 nitrogen and oxygen atoms in total. The van der Waals surface area contributed by atoms with Gasteiger partial charge in [0.25, 0.3) is 5.91 Å². The molecule has 1 aliphatic rings. The lowest BCUT2D eigenvalue weighted by Crippen LogP contribution is -2.26. The third kappa shape index (κ3) is 3.44. The molecule has 1 saturated carbocycles. The second-order valence-corrected chi connectivity index (χ2v) is 6.44. The number of carbonyl (C=O) groups excluding carboxylic acids is 1. The number of methoxy groups -OCH3 is 1. The molecular weight excluding hydrogens is 328 g/mol. The van der Waals surface area contributed by atoms with E-state index in [1.165, 1.54) is 5.56 Å². The fourth-order valence-corrected chi connectivity index (χ4v) is 3.11. The first-order valence-corrected chi connectivity index (χ1v) is 8.63. The van der Waals surface area contributed by atoms with Crippen LogP contribution in [0, 0.1) is 5.92 Å². The van der Waals surface area contributed by atoms with Gasteiger partial charge in [-0.25, -0.2) is 4.68 Å². The highest BCUT2D eigenvalue weighted by Gasteiger charge is 2.38. The fraction of sp³-hybridized carbons (Fsp3) is 0.250. The van der Waals surface area contributed by atoms with Gasteiger partial charge in [-0.05, 0) is 60.2 Å². The molecule has 2 heterocycles. The molecule has 6 heteroatoms. The van der Waals surface area contributed by atoms with E-state index in [1.807, 2.05) is 36.5 Å². The quantitative estimate of drug-likeness (QED) is 0.744. The SMILES string of the molecule is COc1ccc(-n2ccc(C(=O)NC[C@@H]3C[C@H]3c3cccnc3)n2)cc1. The first kappa shape index (κ1) is 16.3. The van der Waals surface area contributed by atoms with E-state index in [1.54, 1.807) is 30.3 Å². The summed E-state index contributed by atoms with van der Waals surface area (Å²) >= 11 is 0. The highest BCUT2D eigenvalue weighted by molar-refractivity contribution is 5.92. The van der Waals surface area contributed by atoms with E-state index in [2.05, 4.69) is 21.5 Å². The second kappa shape index (κ2) is 7.00. The Labute approximate surface area is 151 Å². The third-order valence-electron chi connectivity index (χ3n) is 4.72. The van der Waals surface area contributed by atoms with Crippen LogP contribution in [0.5, 0.6) is 5.75 Å². The first-order valence-electron chi connectivity index (χ1n) is 8.63. The minimum atomic E-state index is -0.144. The lowest BCUT2D eigenvalue weighted by atomic mass is 10.1. The molecule has 3 aromatic rings. The van der Waals surface area contributed by atoms with Gasteiger partial charge in [-0.2, -0.15) is 5.10 Å². The molecule has 0 saturated heterocycles. The predicted octanol–water partition coefficient (Wildman–Crippen LogP) is 2.81.